The number of fused-ring (bicyclic) bond motifs is 5. The molecule has 0 radical (unpaired) electrons. The molecule has 0 spiro atoms. The molecule has 4 fully saturated rings. The van der Waals surface area contributed by atoms with Crippen LogP contribution in [-0.4, -0.2) is 22.4 Å². The van der Waals surface area contributed by atoms with Crippen molar-refractivity contribution in [1.82, 2.24) is 0 Å². The van der Waals surface area contributed by atoms with Crippen molar-refractivity contribution < 1.29 is 10.2 Å². The molecule has 29 heavy (non-hydrogen) atoms. The van der Waals surface area contributed by atoms with Gasteiger partial charge in [0.25, 0.3) is 0 Å². The van der Waals surface area contributed by atoms with E-state index in [4.69, 9.17) is 0 Å². The summed E-state index contributed by atoms with van der Waals surface area (Å²) in [6, 6.07) is 0. The molecule has 0 amide bonds. The van der Waals surface area contributed by atoms with Gasteiger partial charge in [-0.2, -0.15) is 0 Å². The van der Waals surface area contributed by atoms with Crippen LogP contribution in [0.2, 0.25) is 0 Å². The van der Waals surface area contributed by atoms with Crippen LogP contribution < -0.4 is 0 Å². The Kier molecular flexibility index (Phi) is 6.19. The molecule has 0 aromatic carbocycles. The van der Waals surface area contributed by atoms with Gasteiger partial charge in [0.1, 0.15) is 0 Å². The minimum Gasteiger partial charge on any atom is -0.393 e. The Morgan fingerprint density at radius 1 is 0.828 bits per heavy atom. The second kappa shape index (κ2) is 8.12. The number of rotatable bonds is 5. The van der Waals surface area contributed by atoms with Crippen molar-refractivity contribution >= 4 is 0 Å². The van der Waals surface area contributed by atoms with Crippen LogP contribution in [-0.2, 0) is 0 Å². The van der Waals surface area contributed by atoms with E-state index in [9.17, 15) is 10.2 Å². The van der Waals surface area contributed by atoms with Gasteiger partial charge in [-0.25, -0.2) is 0 Å². The van der Waals surface area contributed by atoms with E-state index in [0.29, 0.717) is 22.7 Å². The van der Waals surface area contributed by atoms with Crippen molar-refractivity contribution in [3.05, 3.63) is 0 Å². The predicted molar refractivity (Wildman–Crippen MR) is 120 cm³/mol. The van der Waals surface area contributed by atoms with Gasteiger partial charge in [-0.3, -0.25) is 0 Å². The highest BCUT2D eigenvalue weighted by atomic mass is 16.3. The lowest BCUT2D eigenvalue weighted by Crippen LogP contribution is -2.54. The van der Waals surface area contributed by atoms with Crippen LogP contribution in [0.4, 0.5) is 0 Å². The first-order chi connectivity index (χ1) is 13.7. The molecular formula is C27H48O2. The van der Waals surface area contributed by atoms with Crippen molar-refractivity contribution in [3.8, 4) is 0 Å². The minimum atomic E-state index is -0.0866. The van der Waals surface area contributed by atoms with E-state index in [0.717, 1.165) is 48.9 Å². The highest BCUT2D eigenvalue weighted by molar-refractivity contribution is 5.11. The molecule has 0 aromatic heterocycles. The van der Waals surface area contributed by atoms with Crippen LogP contribution in [0, 0.1) is 52.3 Å². The lowest BCUT2D eigenvalue weighted by atomic mass is 9.44. The summed E-state index contributed by atoms with van der Waals surface area (Å²) in [6.07, 6.45) is 13.5. The minimum absolute atomic E-state index is 0.0529. The van der Waals surface area contributed by atoms with Crippen molar-refractivity contribution in [2.24, 2.45) is 52.3 Å². The summed E-state index contributed by atoms with van der Waals surface area (Å²) in [5.41, 5.74) is 0.782. The Hall–Kier alpha value is -0.0800. The summed E-state index contributed by atoms with van der Waals surface area (Å²) < 4.78 is 0. The molecule has 0 aliphatic heterocycles. The van der Waals surface area contributed by atoms with Gasteiger partial charge in [-0.05, 0) is 104 Å². The van der Waals surface area contributed by atoms with E-state index >= 15 is 0 Å². The van der Waals surface area contributed by atoms with Crippen LogP contribution in [0.3, 0.4) is 0 Å². The average molecular weight is 405 g/mol. The molecule has 4 saturated carbocycles. The Morgan fingerprint density at radius 3 is 2.28 bits per heavy atom. The van der Waals surface area contributed by atoms with Crippen molar-refractivity contribution in [2.45, 2.75) is 117 Å². The fraction of sp³-hybridized carbons (Fsp3) is 1.00. The lowest BCUT2D eigenvalue weighted by Gasteiger charge is -2.61. The molecule has 0 bridgehead atoms. The molecule has 168 valence electrons. The zero-order valence-corrected chi connectivity index (χ0v) is 19.9. The molecule has 10 atom stereocenters. The van der Waals surface area contributed by atoms with Gasteiger partial charge >= 0.3 is 0 Å². The SMILES string of the molecule is CC(C)CCC[C@@H](C)[C@H]1C(O)C[C@H]2[C@@H]3CC[C@@H]4C[C@@H](O)CC[C@]4(C)[C@H]3CC[C@]12C. The maximum atomic E-state index is 11.3. The molecule has 1 unspecified atom stereocenters. The highest BCUT2D eigenvalue weighted by Gasteiger charge is 2.62. The summed E-state index contributed by atoms with van der Waals surface area (Å²) in [4.78, 5) is 0. The molecule has 0 aromatic rings. The number of hydrogen-bond acceptors (Lipinski definition) is 2. The maximum absolute atomic E-state index is 11.3. The molecule has 4 aliphatic carbocycles. The monoisotopic (exact) mass is 404 g/mol. The van der Waals surface area contributed by atoms with E-state index in [1.54, 1.807) is 0 Å². The molecule has 0 heterocycles. The third-order valence-electron chi connectivity index (χ3n) is 10.8. The van der Waals surface area contributed by atoms with Crippen LogP contribution in [0.1, 0.15) is 105 Å². The largest absolute Gasteiger partial charge is 0.393 e. The second-order valence-corrected chi connectivity index (χ2v) is 12.8. The van der Waals surface area contributed by atoms with Gasteiger partial charge in [-0.15, -0.1) is 0 Å². The molecule has 4 rings (SSSR count). The molecule has 4 aliphatic rings. The average Bonchev–Trinajstić information content (AvgIpc) is 2.92. The molecule has 0 saturated heterocycles. The second-order valence-electron chi connectivity index (χ2n) is 12.8. The summed E-state index contributed by atoms with van der Waals surface area (Å²) in [7, 11) is 0. The first kappa shape index (κ1) is 22.1. The quantitative estimate of drug-likeness (QED) is 0.553. The Bertz CT molecular complexity index is 573. The molecular weight excluding hydrogens is 356 g/mol. The van der Waals surface area contributed by atoms with Crippen LogP contribution in [0.5, 0.6) is 0 Å². The topological polar surface area (TPSA) is 40.5 Å². The first-order valence-corrected chi connectivity index (χ1v) is 13.0. The standard InChI is InChI=1S/C27H48O2/c1-17(2)7-6-8-18(3)25-24(29)16-23-21-10-9-19-15-20(28)11-13-26(19,4)22(21)12-14-27(23,25)5/h17-25,28-29H,6-16H2,1-5H3/t18-,19-,20+,21-,22+,23+,24?,25+,26+,27+/m1/s1. The van der Waals surface area contributed by atoms with Gasteiger partial charge in [-0.1, -0.05) is 53.9 Å². The molecule has 2 nitrogen and oxygen atoms in total. The van der Waals surface area contributed by atoms with E-state index < -0.39 is 0 Å². The lowest BCUT2D eigenvalue weighted by molar-refractivity contribution is -0.130. The molecule has 2 heteroatoms. The zero-order chi connectivity index (χ0) is 21.0. The van der Waals surface area contributed by atoms with Gasteiger partial charge in [0.2, 0.25) is 0 Å². The third kappa shape index (κ3) is 3.73. The van der Waals surface area contributed by atoms with Crippen molar-refractivity contribution in [1.29, 1.82) is 0 Å². The normalized spacial score (nSPS) is 50.7. The third-order valence-corrected chi connectivity index (χ3v) is 10.8. The van der Waals surface area contributed by atoms with E-state index in [1.165, 1.54) is 51.4 Å². The zero-order valence-electron chi connectivity index (χ0n) is 19.9. The highest BCUT2D eigenvalue weighted by Crippen LogP contribution is 2.68. The van der Waals surface area contributed by atoms with Crippen LogP contribution in [0.15, 0.2) is 0 Å². The summed E-state index contributed by atoms with van der Waals surface area (Å²) >= 11 is 0. The summed E-state index contributed by atoms with van der Waals surface area (Å²) in [5, 5.41) is 21.5. The van der Waals surface area contributed by atoms with E-state index in [1.807, 2.05) is 0 Å². The maximum Gasteiger partial charge on any atom is 0.0579 e. The summed E-state index contributed by atoms with van der Waals surface area (Å²) in [5.74, 6) is 5.03. The number of aliphatic hydroxyl groups excluding tert-OH is 2. The Labute approximate surface area is 180 Å². The van der Waals surface area contributed by atoms with Gasteiger partial charge in [0, 0.05) is 0 Å². The predicted octanol–water partition coefficient (Wildman–Crippen LogP) is 6.44. The van der Waals surface area contributed by atoms with E-state index in [-0.39, 0.29) is 12.2 Å². The molecule has 2 N–H and O–H groups in total. The summed E-state index contributed by atoms with van der Waals surface area (Å²) in [6.45, 7) is 12.2. The number of aliphatic hydroxyl groups is 2. The van der Waals surface area contributed by atoms with E-state index in [2.05, 4.69) is 34.6 Å². The first-order valence-electron chi connectivity index (χ1n) is 13.0. The van der Waals surface area contributed by atoms with Gasteiger partial charge < -0.3 is 10.2 Å². The van der Waals surface area contributed by atoms with Crippen molar-refractivity contribution in [2.75, 3.05) is 0 Å². The van der Waals surface area contributed by atoms with Crippen LogP contribution in [0.25, 0.3) is 0 Å². The number of hydrogen-bond donors (Lipinski definition) is 2. The smallest absolute Gasteiger partial charge is 0.0579 e. The van der Waals surface area contributed by atoms with Gasteiger partial charge in [0.05, 0.1) is 12.2 Å². The fourth-order valence-electron chi connectivity index (χ4n) is 9.34. The fourth-order valence-corrected chi connectivity index (χ4v) is 9.34. The van der Waals surface area contributed by atoms with Gasteiger partial charge in [0.15, 0.2) is 0 Å². The Morgan fingerprint density at radius 2 is 1.55 bits per heavy atom. The van der Waals surface area contributed by atoms with Crippen molar-refractivity contribution in [3.63, 3.8) is 0 Å². The Balaban J connectivity index is 1.50. The van der Waals surface area contributed by atoms with Crippen LogP contribution >= 0.6 is 0 Å².